The Labute approximate surface area is 190 Å². The molecule has 0 fully saturated rings. The fourth-order valence-electron chi connectivity index (χ4n) is 3.66. The number of ether oxygens (including phenoxy) is 2. The second-order valence-electron chi connectivity index (χ2n) is 8.15. The summed E-state index contributed by atoms with van der Waals surface area (Å²) in [4.78, 5) is 0. The summed E-state index contributed by atoms with van der Waals surface area (Å²) in [6.07, 6.45) is 2.81. The molecule has 3 aromatic rings. The van der Waals surface area contributed by atoms with Crippen LogP contribution in [0.5, 0.6) is 11.5 Å². The minimum absolute atomic E-state index is 0.352. The number of aromatic nitrogens is 2. The number of aryl methyl sites for hydroxylation is 2. The number of hydrogen-bond donors (Lipinski definition) is 3. The highest BCUT2D eigenvalue weighted by Gasteiger charge is 2.14. The molecule has 3 N–H and O–H groups in total. The molecule has 3 rings (SSSR count). The predicted molar refractivity (Wildman–Crippen MR) is 128 cm³/mol. The Kier molecular flexibility index (Phi) is 7.77. The van der Waals surface area contributed by atoms with Crippen molar-refractivity contribution < 1.29 is 14.6 Å². The Morgan fingerprint density at radius 3 is 2.56 bits per heavy atom. The van der Waals surface area contributed by atoms with Crippen LogP contribution in [0.1, 0.15) is 43.4 Å². The quantitative estimate of drug-likeness (QED) is 0.407. The number of methoxy groups -OCH3 is 1. The number of hydrogen-bond acceptors (Lipinski definition) is 6. The lowest BCUT2D eigenvalue weighted by molar-refractivity contribution is 0.163. The molecule has 0 amide bonds. The van der Waals surface area contributed by atoms with Gasteiger partial charge in [-0.1, -0.05) is 19.9 Å². The Hall–Kier alpha value is -3.03. The number of anilines is 1. The van der Waals surface area contributed by atoms with E-state index in [4.69, 9.17) is 9.47 Å². The normalized spacial score (nSPS) is 12.1. The Morgan fingerprint density at radius 1 is 1.16 bits per heavy atom. The molecule has 0 radical (unpaired) electrons. The number of benzene rings is 2. The topological polar surface area (TPSA) is 80.6 Å². The molecule has 1 unspecified atom stereocenters. The van der Waals surface area contributed by atoms with E-state index < -0.39 is 6.35 Å². The maximum absolute atomic E-state index is 10.5. The number of nitrogens with zero attached hydrogens (tertiary/aromatic N) is 2. The molecule has 0 aliphatic heterocycles. The van der Waals surface area contributed by atoms with Crippen molar-refractivity contribution in [2.45, 2.75) is 46.5 Å². The van der Waals surface area contributed by atoms with Crippen molar-refractivity contribution in [1.82, 2.24) is 15.1 Å². The van der Waals surface area contributed by atoms with Crippen molar-refractivity contribution in [3.8, 4) is 22.6 Å². The van der Waals surface area contributed by atoms with Gasteiger partial charge < -0.3 is 19.9 Å². The fraction of sp³-hybridized carbons (Fsp3) is 0.400. The van der Waals surface area contributed by atoms with Crippen molar-refractivity contribution in [2.75, 3.05) is 19.0 Å². The summed E-state index contributed by atoms with van der Waals surface area (Å²) in [6.45, 7) is 9.53. The Balaban J connectivity index is 1.68. The van der Waals surface area contributed by atoms with Crippen LogP contribution in [0.3, 0.4) is 0 Å². The Bertz CT molecular complexity index is 1050. The first-order chi connectivity index (χ1) is 15.3. The van der Waals surface area contributed by atoms with Gasteiger partial charge in [-0.2, -0.15) is 5.10 Å². The predicted octanol–water partition coefficient (Wildman–Crippen LogP) is 4.40. The highest BCUT2D eigenvalue weighted by Crippen LogP contribution is 2.32. The van der Waals surface area contributed by atoms with Crippen LogP contribution >= 0.6 is 0 Å². The molecule has 0 saturated carbocycles. The summed E-state index contributed by atoms with van der Waals surface area (Å²) >= 11 is 0. The molecule has 7 heteroatoms. The number of aliphatic hydroxyl groups is 1. The van der Waals surface area contributed by atoms with Gasteiger partial charge in [0, 0.05) is 42.7 Å². The van der Waals surface area contributed by atoms with E-state index in [0.29, 0.717) is 24.8 Å². The van der Waals surface area contributed by atoms with Gasteiger partial charge in [-0.15, -0.1) is 0 Å². The van der Waals surface area contributed by atoms with Gasteiger partial charge in [0.1, 0.15) is 11.5 Å². The van der Waals surface area contributed by atoms with Gasteiger partial charge in [-0.05, 0) is 54.7 Å². The first-order valence-corrected chi connectivity index (χ1v) is 10.9. The van der Waals surface area contributed by atoms with Crippen LogP contribution in [0.4, 0.5) is 5.69 Å². The second kappa shape index (κ2) is 10.5. The van der Waals surface area contributed by atoms with Gasteiger partial charge in [0.25, 0.3) is 0 Å². The average Bonchev–Trinajstić information content (AvgIpc) is 3.19. The number of nitrogens with one attached hydrogen (secondary N) is 2. The third-order valence-electron chi connectivity index (χ3n) is 5.40. The largest absolute Gasteiger partial charge is 0.496 e. The molecule has 1 atom stereocenters. The second-order valence-corrected chi connectivity index (χ2v) is 8.15. The van der Waals surface area contributed by atoms with Gasteiger partial charge >= 0.3 is 0 Å². The van der Waals surface area contributed by atoms with E-state index >= 15 is 0 Å². The van der Waals surface area contributed by atoms with Gasteiger partial charge in [0.15, 0.2) is 6.35 Å². The van der Waals surface area contributed by atoms with E-state index in [2.05, 4.69) is 48.6 Å². The van der Waals surface area contributed by atoms with E-state index in [-0.39, 0.29) is 0 Å². The van der Waals surface area contributed by atoms with Crippen molar-refractivity contribution in [3.63, 3.8) is 0 Å². The molecule has 7 nitrogen and oxygen atoms in total. The molecular weight excluding hydrogens is 404 g/mol. The van der Waals surface area contributed by atoms with Crippen LogP contribution in [0.25, 0.3) is 11.1 Å². The molecule has 0 saturated heterocycles. The van der Waals surface area contributed by atoms with Crippen molar-refractivity contribution in [3.05, 3.63) is 59.4 Å². The first kappa shape index (κ1) is 23.6. The average molecular weight is 439 g/mol. The number of aliphatic hydroxyl groups excluding tert-OH is 1. The minimum atomic E-state index is -0.919. The molecule has 0 aliphatic rings. The van der Waals surface area contributed by atoms with Crippen LogP contribution in [-0.4, -0.2) is 35.0 Å². The van der Waals surface area contributed by atoms with Crippen molar-refractivity contribution in [2.24, 2.45) is 7.05 Å². The highest BCUT2D eigenvalue weighted by atomic mass is 16.5. The molecule has 1 aromatic heterocycles. The summed E-state index contributed by atoms with van der Waals surface area (Å²) in [5.74, 6) is 1.99. The molecule has 32 heavy (non-hydrogen) atoms. The van der Waals surface area contributed by atoms with Crippen LogP contribution in [0.2, 0.25) is 0 Å². The lowest BCUT2D eigenvalue weighted by Crippen LogP contribution is -2.35. The monoisotopic (exact) mass is 438 g/mol. The number of rotatable bonds is 10. The zero-order chi connectivity index (χ0) is 23.3. The molecule has 172 valence electrons. The minimum Gasteiger partial charge on any atom is -0.496 e. The van der Waals surface area contributed by atoms with Crippen molar-refractivity contribution >= 4 is 5.69 Å². The zero-order valence-electron chi connectivity index (χ0n) is 19.8. The van der Waals surface area contributed by atoms with Gasteiger partial charge in [-0.3, -0.25) is 10.00 Å². The van der Waals surface area contributed by atoms with E-state index in [0.717, 1.165) is 33.7 Å². The maximum Gasteiger partial charge on any atom is 0.181 e. The van der Waals surface area contributed by atoms with Crippen molar-refractivity contribution in [1.29, 1.82) is 0 Å². The van der Waals surface area contributed by atoms with Crippen LogP contribution < -0.4 is 20.1 Å². The molecule has 0 aliphatic carbocycles. The summed E-state index contributed by atoms with van der Waals surface area (Å²) in [6, 6.07) is 9.98. The van der Waals surface area contributed by atoms with Gasteiger partial charge in [0.2, 0.25) is 0 Å². The molecular formula is C25H34N4O3. The molecule has 1 heterocycles. The van der Waals surface area contributed by atoms with Gasteiger partial charge in [0.05, 0.1) is 19.9 Å². The fourth-order valence-corrected chi connectivity index (χ4v) is 3.66. The van der Waals surface area contributed by atoms with E-state index in [1.165, 1.54) is 5.56 Å². The smallest absolute Gasteiger partial charge is 0.181 e. The van der Waals surface area contributed by atoms with Crippen LogP contribution in [0.15, 0.2) is 42.7 Å². The molecule has 2 aromatic carbocycles. The highest BCUT2D eigenvalue weighted by molar-refractivity contribution is 5.72. The SMILES string of the molecule is CCOc1cc(C)c(CNC(O)Nc2ccc(-c3cnn(C)c3)c(OC)c2)cc1C(C)C. The van der Waals surface area contributed by atoms with E-state index in [1.807, 2.05) is 38.4 Å². The maximum atomic E-state index is 10.5. The third-order valence-corrected chi connectivity index (χ3v) is 5.40. The summed E-state index contributed by atoms with van der Waals surface area (Å²) < 4.78 is 13.1. The van der Waals surface area contributed by atoms with E-state index in [1.54, 1.807) is 18.0 Å². The standard InChI is InChI=1S/C25H34N4O3/c1-7-32-24-10-17(4)18(11-22(24)16(2)3)13-26-25(30)28-20-8-9-21(23(12-20)31-6)19-14-27-29(5)15-19/h8-12,14-16,25-26,28,30H,7,13H2,1-6H3. The summed E-state index contributed by atoms with van der Waals surface area (Å²) in [5, 5.41) is 21.0. The van der Waals surface area contributed by atoms with E-state index in [9.17, 15) is 5.11 Å². The zero-order valence-corrected chi connectivity index (χ0v) is 19.8. The van der Waals surface area contributed by atoms with Crippen LogP contribution in [0, 0.1) is 6.92 Å². The molecule has 0 spiro atoms. The first-order valence-electron chi connectivity index (χ1n) is 10.9. The molecule has 0 bridgehead atoms. The summed E-state index contributed by atoms with van der Waals surface area (Å²) in [5.41, 5.74) is 6.09. The lowest BCUT2D eigenvalue weighted by Gasteiger charge is -2.20. The Morgan fingerprint density at radius 2 is 1.94 bits per heavy atom. The summed E-state index contributed by atoms with van der Waals surface area (Å²) in [7, 11) is 3.51. The third kappa shape index (κ3) is 5.60. The van der Waals surface area contributed by atoms with Crippen LogP contribution in [-0.2, 0) is 13.6 Å². The van der Waals surface area contributed by atoms with Gasteiger partial charge in [-0.25, -0.2) is 0 Å². The lowest BCUT2D eigenvalue weighted by atomic mass is 9.96.